The first kappa shape index (κ1) is 13.5. The van der Waals surface area contributed by atoms with E-state index in [4.69, 9.17) is 23.2 Å². The van der Waals surface area contributed by atoms with Gasteiger partial charge in [0, 0.05) is 6.04 Å². The third-order valence-electron chi connectivity index (χ3n) is 2.41. The van der Waals surface area contributed by atoms with E-state index in [1.807, 2.05) is 0 Å². The monoisotopic (exact) mass is 262 g/mol. The van der Waals surface area contributed by atoms with Crippen molar-refractivity contribution in [3.8, 4) is 0 Å². The molecule has 0 amide bonds. The first-order valence-electron chi connectivity index (χ1n) is 5.34. The van der Waals surface area contributed by atoms with Gasteiger partial charge in [0.05, 0.1) is 0 Å². The Kier molecular flexibility index (Phi) is 5.22. The Labute approximate surface area is 106 Å². The lowest BCUT2D eigenvalue weighted by Gasteiger charge is -2.17. The number of nitrogens with zero attached hydrogens (tertiary/aromatic N) is 3. The second kappa shape index (κ2) is 6.21. The van der Waals surface area contributed by atoms with Gasteiger partial charge in [-0.05, 0) is 42.5 Å². The van der Waals surface area contributed by atoms with Gasteiger partial charge in [0.1, 0.15) is 0 Å². The molecule has 0 bridgehead atoms. The number of rotatable bonds is 5. The van der Waals surface area contributed by atoms with Crippen molar-refractivity contribution in [2.75, 3.05) is 5.32 Å². The van der Waals surface area contributed by atoms with E-state index in [2.05, 4.69) is 41.0 Å². The maximum Gasteiger partial charge on any atom is 0.228 e. The summed E-state index contributed by atoms with van der Waals surface area (Å²) in [5.41, 5.74) is 0. The largest absolute Gasteiger partial charge is 0.352 e. The van der Waals surface area contributed by atoms with Crippen LogP contribution >= 0.6 is 23.2 Å². The third-order valence-corrected chi connectivity index (χ3v) is 2.75. The van der Waals surface area contributed by atoms with Gasteiger partial charge < -0.3 is 5.32 Å². The highest BCUT2D eigenvalue weighted by molar-refractivity contribution is 6.31. The summed E-state index contributed by atoms with van der Waals surface area (Å²) in [6, 6.07) is 0.282. The van der Waals surface area contributed by atoms with Gasteiger partial charge in [0.25, 0.3) is 0 Å². The average molecular weight is 263 g/mol. The van der Waals surface area contributed by atoms with Crippen LogP contribution in [0.3, 0.4) is 0 Å². The molecule has 0 aliphatic carbocycles. The summed E-state index contributed by atoms with van der Waals surface area (Å²) in [6.07, 6.45) is 2.21. The van der Waals surface area contributed by atoms with Crippen LogP contribution in [0.1, 0.15) is 33.6 Å². The summed E-state index contributed by atoms with van der Waals surface area (Å²) in [5, 5.41) is 3.38. The van der Waals surface area contributed by atoms with E-state index in [0.29, 0.717) is 11.9 Å². The van der Waals surface area contributed by atoms with Crippen LogP contribution in [-0.2, 0) is 0 Å². The molecule has 0 saturated heterocycles. The summed E-state index contributed by atoms with van der Waals surface area (Å²) in [5.74, 6) is 1.09. The first-order valence-corrected chi connectivity index (χ1v) is 6.10. The lowest BCUT2D eigenvalue weighted by molar-refractivity contribution is 0.482. The second-order valence-electron chi connectivity index (χ2n) is 3.99. The fourth-order valence-corrected chi connectivity index (χ4v) is 1.80. The molecule has 2 atom stereocenters. The van der Waals surface area contributed by atoms with Gasteiger partial charge in [-0.2, -0.15) is 15.0 Å². The minimum Gasteiger partial charge on any atom is -0.352 e. The van der Waals surface area contributed by atoms with Gasteiger partial charge in [-0.15, -0.1) is 0 Å². The molecule has 0 radical (unpaired) electrons. The number of hydrogen-bond donors (Lipinski definition) is 1. The Hall–Kier alpha value is -0.610. The van der Waals surface area contributed by atoms with Gasteiger partial charge >= 0.3 is 0 Å². The Morgan fingerprint density at radius 2 is 1.69 bits per heavy atom. The van der Waals surface area contributed by atoms with Crippen LogP contribution in [0.25, 0.3) is 0 Å². The van der Waals surface area contributed by atoms with E-state index in [-0.39, 0.29) is 16.6 Å². The predicted molar refractivity (Wildman–Crippen MR) is 67.0 cm³/mol. The molecule has 1 heterocycles. The average Bonchev–Trinajstić information content (AvgIpc) is 2.15. The molecule has 0 aliphatic heterocycles. The summed E-state index contributed by atoms with van der Waals surface area (Å²) in [4.78, 5) is 11.6. The third kappa shape index (κ3) is 4.49. The van der Waals surface area contributed by atoms with Crippen LogP contribution in [-0.4, -0.2) is 21.0 Å². The van der Waals surface area contributed by atoms with Crippen LogP contribution in [0.5, 0.6) is 0 Å². The van der Waals surface area contributed by atoms with Crippen molar-refractivity contribution in [1.29, 1.82) is 0 Å². The van der Waals surface area contributed by atoms with E-state index in [1.54, 1.807) is 0 Å². The zero-order valence-corrected chi connectivity index (χ0v) is 11.2. The van der Waals surface area contributed by atoms with Crippen LogP contribution in [0.2, 0.25) is 10.6 Å². The SMILES string of the molecule is CCC(C)CC(C)Nc1nc(Cl)nc(Cl)n1. The van der Waals surface area contributed by atoms with Gasteiger partial charge in [0.15, 0.2) is 0 Å². The van der Waals surface area contributed by atoms with Gasteiger partial charge in [0.2, 0.25) is 16.5 Å². The Morgan fingerprint density at radius 3 is 2.19 bits per heavy atom. The summed E-state index contributed by atoms with van der Waals surface area (Å²) in [7, 11) is 0. The fraction of sp³-hybridized carbons (Fsp3) is 0.700. The van der Waals surface area contributed by atoms with E-state index < -0.39 is 0 Å². The Balaban J connectivity index is 2.58. The van der Waals surface area contributed by atoms with E-state index in [9.17, 15) is 0 Å². The first-order chi connectivity index (χ1) is 7.51. The molecule has 0 spiro atoms. The molecule has 1 rings (SSSR count). The standard InChI is InChI=1S/C10H16Cl2N4/c1-4-6(2)5-7(3)13-10-15-8(11)14-9(12)16-10/h6-7H,4-5H2,1-3H3,(H,13,14,15,16). The highest BCUT2D eigenvalue weighted by atomic mass is 35.5. The van der Waals surface area contributed by atoms with Crippen molar-refractivity contribution in [3.05, 3.63) is 10.6 Å². The zero-order chi connectivity index (χ0) is 12.1. The highest BCUT2D eigenvalue weighted by Crippen LogP contribution is 2.14. The minimum absolute atomic E-state index is 0.109. The molecule has 2 unspecified atom stereocenters. The molecule has 90 valence electrons. The van der Waals surface area contributed by atoms with Crippen molar-refractivity contribution >= 4 is 29.2 Å². The summed E-state index contributed by atoms with van der Waals surface area (Å²) in [6.45, 7) is 6.47. The van der Waals surface area contributed by atoms with Crippen molar-refractivity contribution in [2.24, 2.45) is 5.92 Å². The minimum atomic E-state index is 0.109. The Bertz CT molecular complexity index is 325. The number of nitrogens with one attached hydrogen (secondary N) is 1. The lowest BCUT2D eigenvalue weighted by Crippen LogP contribution is -2.20. The van der Waals surface area contributed by atoms with Crippen molar-refractivity contribution in [3.63, 3.8) is 0 Å². The molecule has 4 nitrogen and oxygen atoms in total. The topological polar surface area (TPSA) is 50.7 Å². The second-order valence-corrected chi connectivity index (χ2v) is 4.67. The Morgan fingerprint density at radius 1 is 1.12 bits per heavy atom. The molecule has 1 aromatic heterocycles. The smallest absolute Gasteiger partial charge is 0.228 e. The van der Waals surface area contributed by atoms with Crippen molar-refractivity contribution < 1.29 is 0 Å². The van der Waals surface area contributed by atoms with Gasteiger partial charge in [-0.3, -0.25) is 0 Å². The van der Waals surface area contributed by atoms with Crippen molar-refractivity contribution in [2.45, 2.75) is 39.7 Å². The fourth-order valence-electron chi connectivity index (χ4n) is 1.44. The van der Waals surface area contributed by atoms with Crippen LogP contribution in [0.15, 0.2) is 0 Å². The molecule has 1 N–H and O–H groups in total. The maximum atomic E-state index is 5.68. The molecule has 0 saturated carbocycles. The predicted octanol–water partition coefficient (Wildman–Crippen LogP) is 3.42. The van der Waals surface area contributed by atoms with E-state index >= 15 is 0 Å². The van der Waals surface area contributed by atoms with Gasteiger partial charge in [-0.25, -0.2) is 0 Å². The molecule has 0 fully saturated rings. The molecule has 0 aromatic carbocycles. The van der Waals surface area contributed by atoms with Gasteiger partial charge in [-0.1, -0.05) is 20.3 Å². The lowest BCUT2D eigenvalue weighted by atomic mass is 10.0. The molecule has 16 heavy (non-hydrogen) atoms. The summed E-state index contributed by atoms with van der Waals surface area (Å²) >= 11 is 11.4. The number of anilines is 1. The molecule has 0 aliphatic rings. The van der Waals surface area contributed by atoms with Crippen LogP contribution in [0, 0.1) is 5.92 Å². The number of aromatic nitrogens is 3. The van der Waals surface area contributed by atoms with E-state index in [0.717, 1.165) is 12.8 Å². The van der Waals surface area contributed by atoms with Crippen LogP contribution in [0.4, 0.5) is 5.95 Å². The maximum absolute atomic E-state index is 5.68. The number of halogens is 2. The summed E-state index contributed by atoms with van der Waals surface area (Å²) < 4.78 is 0. The zero-order valence-electron chi connectivity index (χ0n) is 9.67. The molecular formula is C10H16Cl2N4. The quantitative estimate of drug-likeness (QED) is 0.884. The molecule has 1 aromatic rings. The van der Waals surface area contributed by atoms with E-state index in [1.165, 1.54) is 0 Å². The van der Waals surface area contributed by atoms with Crippen molar-refractivity contribution in [1.82, 2.24) is 15.0 Å². The van der Waals surface area contributed by atoms with Crippen LogP contribution < -0.4 is 5.32 Å². The normalized spacial score (nSPS) is 14.6. The number of hydrogen-bond acceptors (Lipinski definition) is 4. The molecular weight excluding hydrogens is 247 g/mol. The molecule has 6 heteroatoms. The highest BCUT2D eigenvalue weighted by Gasteiger charge is 2.09.